The van der Waals surface area contributed by atoms with Gasteiger partial charge in [0.15, 0.2) is 7.14 Å². The van der Waals surface area contributed by atoms with Crippen molar-refractivity contribution in [3.8, 4) is 11.5 Å². The number of hydrogen-bond donors (Lipinski definition) is 1. The summed E-state index contributed by atoms with van der Waals surface area (Å²) in [6.45, 7) is 0. The predicted molar refractivity (Wildman–Crippen MR) is 121 cm³/mol. The summed E-state index contributed by atoms with van der Waals surface area (Å²) in [5.41, 5.74) is 0.529. The predicted octanol–water partition coefficient (Wildman–Crippen LogP) is 5.07. The molecule has 0 bridgehead atoms. The van der Waals surface area contributed by atoms with Gasteiger partial charge in [-0.3, -0.25) is 0 Å². The van der Waals surface area contributed by atoms with E-state index in [2.05, 4.69) is 5.32 Å². The minimum absolute atomic E-state index is 0.201. The number of thiocarbonyl (C=S) groups is 1. The highest BCUT2D eigenvalue weighted by atomic mass is 35.5. The number of ether oxygens (including phenoxy) is 2. The first kappa shape index (κ1) is 20.4. The Labute approximate surface area is 174 Å². The average Bonchev–Trinajstić information content (AvgIpc) is 2.75. The molecular formula is C21H19ClNO3PS. The maximum atomic E-state index is 14.2. The standard InChI is InChI=1S/C21H19ClNO3PS/c1-25-19-14-18(20(26-2)13-17(19)22)23-21(28)27(24,15-9-5-3-6-10-15)16-11-7-4-8-12-16/h3-14H,1-2H3,(H,23,28). The summed E-state index contributed by atoms with van der Waals surface area (Å²) in [5, 5.41) is 4.82. The van der Waals surface area contributed by atoms with Crippen LogP contribution in [0, 0.1) is 0 Å². The van der Waals surface area contributed by atoms with Crippen LogP contribution in [-0.2, 0) is 4.57 Å². The first-order chi connectivity index (χ1) is 13.5. The van der Waals surface area contributed by atoms with Crippen LogP contribution in [0.5, 0.6) is 11.5 Å². The van der Waals surface area contributed by atoms with E-state index in [9.17, 15) is 4.57 Å². The fourth-order valence-corrected chi connectivity index (χ4v) is 6.01. The molecular weight excluding hydrogens is 413 g/mol. The van der Waals surface area contributed by atoms with Crippen LogP contribution in [0.15, 0.2) is 72.8 Å². The molecule has 28 heavy (non-hydrogen) atoms. The van der Waals surface area contributed by atoms with Gasteiger partial charge >= 0.3 is 0 Å². The Kier molecular flexibility index (Phi) is 6.40. The summed E-state index contributed by atoms with van der Waals surface area (Å²) in [6.07, 6.45) is 0. The second-order valence-electron chi connectivity index (χ2n) is 5.90. The molecule has 0 saturated heterocycles. The molecule has 144 valence electrons. The van der Waals surface area contributed by atoms with Crippen LogP contribution in [-0.4, -0.2) is 18.9 Å². The van der Waals surface area contributed by atoms with Crippen molar-refractivity contribution in [3.63, 3.8) is 0 Å². The Morgan fingerprint density at radius 3 is 1.86 bits per heavy atom. The molecule has 0 aliphatic rings. The number of hydrogen-bond acceptors (Lipinski definition) is 4. The largest absolute Gasteiger partial charge is 0.495 e. The van der Waals surface area contributed by atoms with E-state index in [0.717, 1.165) is 0 Å². The van der Waals surface area contributed by atoms with E-state index >= 15 is 0 Å². The van der Waals surface area contributed by atoms with Crippen molar-refractivity contribution in [1.29, 1.82) is 0 Å². The van der Waals surface area contributed by atoms with Gasteiger partial charge in [-0.1, -0.05) is 84.5 Å². The molecule has 0 atom stereocenters. The van der Waals surface area contributed by atoms with Gasteiger partial charge in [-0.05, 0) is 0 Å². The van der Waals surface area contributed by atoms with Crippen molar-refractivity contribution < 1.29 is 14.0 Å². The van der Waals surface area contributed by atoms with E-state index < -0.39 is 7.14 Å². The lowest BCUT2D eigenvalue weighted by Crippen LogP contribution is -2.26. The lowest BCUT2D eigenvalue weighted by Gasteiger charge is -2.22. The third-order valence-electron chi connectivity index (χ3n) is 4.24. The molecule has 0 heterocycles. The van der Waals surface area contributed by atoms with Gasteiger partial charge in [-0.15, -0.1) is 0 Å². The van der Waals surface area contributed by atoms with E-state index in [1.807, 2.05) is 60.7 Å². The highest BCUT2D eigenvalue weighted by Gasteiger charge is 2.33. The zero-order chi connectivity index (χ0) is 20.1. The van der Waals surface area contributed by atoms with Crippen molar-refractivity contribution in [2.75, 3.05) is 19.5 Å². The van der Waals surface area contributed by atoms with Crippen LogP contribution in [0.25, 0.3) is 0 Å². The summed E-state index contributed by atoms with van der Waals surface area (Å²) in [6, 6.07) is 21.7. The van der Waals surface area contributed by atoms with Gasteiger partial charge in [0.2, 0.25) is 0 Å². The van der Waals surface area contributed by atoms with E-state index in [0.29, 0.717) is 32.8 Å². The fraction of sp³-hybridized carbons (Fsp3) is 0.0952. The summed E-state index contributed by atoms with van der Waals surface area (Å²) < 4.78 is 25.1. The molecule has 0 aliphatic heterocycles. The van der Waals surface area contributed by atoms with E-state index in [1.165, 1.54) is 14.2 Å². The minimum Gasteiger partial charge on any atom is -0.495 e. The van der Waals surface area contributed by atoms with Gasteiger partial charge in [0.05, 0.1) is 24.9 Å². The Hall–Kier alpha value is -2.33. The van der Waals surface area contributed by atoms with Crippen LogP contribution in [0.1, 0.15) is 0 Å². The summed E-state index contributed by atoms with van der Waals surface area (Å²) in [7, 11) is -0.205. The van der Waals surface area contributed by atoms with Crippen molar-refractivity contribution in [3.05, 3.63) is 77.8 Å². The molecule has 0 unspecified atom stereocenters. The SMILES string of the molecule is COc1cc(NC(=S)P(=O)(c2ccccc2)c2ccccc2)c(OC)cc1Cl. The van der Waals surface area contributed by atoms with Gasteiger partial charge < -0.3 is 19.4 Å². The van der Waals surface area contributed by atoms with Crippen LogP contribution in [0.2, 0.25) is 5.02 Å². The van der Waals surface area contributed by atoms with Gasteiger partial charge in [0.1, 0.15) is 16.2 Å². The number of nitrogens with one attached hydrogen (secondary N) is 1. The van der Waals surface area contributed by atoms with Crippen molar-refractivity contribution >= 4 is 52.0 Å². The van der Waals surface area contributed by atoms with Crippen LogP contribution >= 0.6 is 31.0 Å². The molecule has 3 rings (SSSR count). The number of halogens is 1. The van der Waals surface area contributed by atoms with Crippen molar-refractivity contribution in [1.82, 2.24) is 0 Å². The lowest BCUT2D eigenvalue weighted by molar-refractivity contribution is 0.405. The van der Waals surface area contributed by atoms with E-state index in [4.69, 9.17) is 33.3 Å². The Morgan fingerprint density at radius 1 is 0.893 bits per heavy atom. The maximum absolute atomic E-state index is 14.2. The second kappa shape index (κ2) is 8.78. The number of rotatable bonds is 6. The van der Waals surface area contributed by atoms with Gasteiger partial charge in [0, 0.05) is 22.7 Å². The van der Waals surface area contributed by atoms with Gasteiger partial charge in [0.25, 0.3) is 0 Å². The first-order valence-corrected chi connectivity index (χ1v) is 10.9. The lowest BCUT2D eigenvalue weighted by atomic mass is 10.2. The number of methoxy groups -OCH3 is 2. The molecule has 7 heteroatoms. The van der Waals surface area contributed by atoms with Crippen LogP contribution in [0.4, 0.5) is 5.69 Å². The minimum atomic E-state index is -3.26. The Morgan fingerprint density at radius 2 is 1.39 bits per heavy atom. The highest BCUT2D eigenvalue weighted by molar-refractivity contribution is 8.08. The summed E-state index contributed by atoms with van der Waals surface area (Å²) >= 11 is 11.8. The molecule has 0 spiro atoms. The second-order valence-corrected chi connectivity index (χ2v) is 9.71. The zero-order valence-corrected chi connectivity index (χ0v) is 17.9. The molecule has 0 radical (unpaired) electrons. The molecule has 0 aliphatic carbocycles. The number of benzene rings is 3. The molecule has 0 fully saturated rings. The third kappa shape index (κ3) is 3.93. The summed E-state index contributed by atoms with van der Waals surface area (Å²) in [4.78, 5) is 0. The van der Waals surface area contributed by atoms with Crippen molar-refractivity contribution in [2.45, 2.75) is 0 Å². The smallest absolute Gasteiger partial charge is 0.197 e. The monoisotopic (exact) mass is 431 g/mol. The summed E-state index contributed by atoms with van der Waals surface area (Å²) in [5.74, 6) is 0.933. The van der Waals surface area contributed by atoms with Gasteiger partial charge in [-0.2, -0.15) is 0 Å². The molecule has 0 aromatic heterocycles. The van der Waals surface area contributed by atoms with E-state index in [1.54, 1.807) is 12.1 Å². The Bertz CT molecular complexity index is 985. The Balaban J connectivity index is 2.09. The normalized spacial score (nSPS) is 11.0. The number of anilines is 1. The van der Waals surface area contributed by atoms with E-state index in [-0.39, 0.29) is 4.73 Å². The molecule has 0 saturated carbocycles. The molecule has 3 aromatic rings. The van der Waals surface area contributed by atoms with Crippen LogP contribution in [0.3, 0.4) is 0 Å². The first-order valence-electron chi connectivity index (χ1n) is 8.45. The molecule has 1 N–H and O–H groups in total. The van der Waals surface area contributed by atoms with Crippen molar-refractivity contribution in [2.24, 2.45) is 0 Å². The molecule has 4 nitrogen and oxygen atoms in total. The quantitative estimate of drug-likeness (QED) is 0.436. The fourth-order valence-electron chi connectivity index (χ4n) is 2.81. The topological polar surface area (TPSA) is 47.6 Å². The zero-order valence-electron chi connectivity index (χ0n) is 15.4. The average molecular weight is 432 g/mol. The molecule has 3 aromatic carbocycles. The molecule has 0 amide bonds. The maximum Gasteiger partial charge on any atom is 0.197 e. The van der Waals surface area contributed by atoms with Gasteiger partial charge in [-0.25, -0.2) is 0 Å². The third-order valence-corrected chi connectivity index (χ3v) is 8.14. The highest BCUT2D eigenvalue weighted by Crippen LogP contribution is 2.46. The van der Waals surface area contributed by atoms with Crippen LogP contribution < -0.4 is 25.4 Å².